The minimum absolute atomic E-state index is 0.567. The Balaban J connectivity index is 2.88. The molecule has 5 heteroatoms. The number of nitrogens with one attached hydrogen (secondary N) is 1. The molecule has 0 saturated heterocycles. The van der Waals surface area contributed by atoms with Crippen LogP contribution in [0.3, 0.4) is 0 Å². The summed E-state index contributed by atoms with van der Waals surface area (Å²) in [5, 5.41) is 1.81. The molecule has 0 atom stereocenters. The van der Waals surface area contributed by atoms with Gasteiger partial charge >= 0.3 is 0 Å². The van der Waals surface area contributed by atoms with Crippen LogP contribution in [0.1, 0.15) is 5.82 Å². The standard InChI is InChI=1S/C8H14N4O/c1-6-9-7(11-12(2)3)5-8(10-6)13-4/h5H,1-4H3,(H,9,10,11). The summed E-state index contributed by atoms with van der Waals surface area (Å²) in [4.78, 5) is 8.25. The summed E-state index contributed by atoms with van der Waals surface area (Å²) in [5.41, 5.74) is 3.02. The van der Waals surface area contributed by atoms with Gasteiger partial charge in [-0.1, -0.05) is 0 Å². The van der Waals surface area contributed by atoms with E-state index in [0.717, 1.165) is 5.82 Å². The van der Waals surface area contributed by atoms with E-state index in [9.17, 15) is 0 Å². The van der Waals surface area contributed by atoms with Crippen molar-refractivity contribution in [3.8, 4) is 5.88 Å². The van der Waals surface area contributed by atoms with Crippen LogP contribution < -0.4 is 10.2 Å². The normalized spacial score (nSPS) is 10.2. The number of aryl methyl sites for hydroxylation is 1. The molecule has 1 aromatic heterocycles. The topological polar surface area (TPSA) is 50.3 Å². The number of nitrogens with zero attached hydrogens (tertiary/aromatic N) is 3. The third-order valence-corrected chi connectivity index (χ3v) is 1.36. The SMILES string of the molecule is COc1cc(NN(C)C)nc(C)n1. The molecule has 1 aromatic rings. The molecule has 1 N–H and O–H groups in total. The van der Waals surface area contributed by atoms with Gasteiger partial charge in [0.05, 0.1) is 7.11 Å². The molecular weight excluding hydrogens is 168 g/mol. The van der Waals surface area contributed by atoms with Crippen molar-refractivity contribution in [3.05, 3.63) is 11.9 Å². The van der Waals surface area contributed by atoms with Crippen LogP contribution >= 0.6 is 0 Å². The highest BCUT2D eigenvalue weighted by atomic mass is 16.5. The van der Waals surface area contributed by atoms with E-state index in [1.807, 2.05) is 21.0 Å². The van der Waals surface area contributed by atoms with Crippen LogP contribution in [0, 0.1) is 6.92 Å². The number of aromatic nitrogens is 2. The molecule has 0 saturated carbocycles. The molecule has 0 aromatic carbocycles. The molecular formula is C8H14N4O. The predicted octanol–water partition coefficient (Wildman–Crippen LogP) is 0.682. The smallest absolute Gasteiger partial charge is 0.218 e. The fourth-order valence-electron chi connectivity index (χ4n) is 0.931. The summed E-state index contributed by atoms with van der Waals surface area (Å²) >= 11 is 0. The highest BCUT2D eigenvalue weighted by molar-refractivity contribution is 5.37. The molecule has 13 heavy (non-hydrogen) atoms. The number of methoxy groups -OCH3 is 1. The summed E-state index contributed by atoms with van der Waals surface area (Å²) in [6, 6.07) is 1.74. The number of rotatable bonds is 3. The molecule has 1 heterocycles. The zero-order valence-electron chi connectivity index (χ0n) is 8.33. The average Bonchev–Trinajstić information content (AvgIpc) is 2.01. The molecule has 0 unspecified atom stereocenters. The minimum atomic E-state index is 0.567. The van der Waals surface area contributed by atoms with Crippen LogP contribution in [0.15, 0.2) is 6.07 Å². The molecule has 0 aliphatic carbocycles. The van der Waals surface area contributed by atoms with E-state index in [-0.39, 0.29) is 0 Å². The fraction of sp³-hybridized carbons (Fsp3) is 0.500. The summed E-state index contributed by atoms with van der Waals surface area (Å²) in [5.74, 6) is 1.98. The largest absolute Gasteiger partial charge is 0.481 e. The number of ether oxygens (including phenoxy) is 1. The number of anilines is 1. The van der Waals surface area contributed by atoms with Crippen molar-refractivity contribution in [1.82, 2.24) is 15.0 Å². The zero-order valence-corrected chi connectivity index (χ0v) is 8.33. The van der Waals surface area contributed by atoms with Gasteiger partial charge in [0.25, 0.3) is 0 Å². The van der Waals surface area contributed by atoms with E-state index in [0.29, 0.717) is 11.7 Å². The van der Waals surface area contributed by atoms with Crippen molar-refractivity contribution in [2.24, 2.45) is 0 Å². The van der Waals surface area contributed by atoms with Crippen LogP contribution in [0.2, 0.25) is 0 Å². The predicted molar refractivity (Wildman–Crippen MR) is 50.6 cm³/mol. The van der Waals surface area contributed by atoms with Crippen molar-refractivity contribution in [1.29, 1.82) is 0 Å². The molecule has 0 bridgehead atoms. The maximum atomic E-state index is 5.01. The Labute approximate surface area is 77.7 Å². The van der Waals surface area contributed by atoms with Gasteiger partial charge in [-0.25, -0.2) is 9.99 Å². The van der Waals surface area contributed by atoms with Gasteiger partial charge < -0.3 is 10.2 Å². The molecule has 1 rings (SSSR count). The van der Waals surface area contributed by atoms with Gasteiger partial charge in [-0.3, -0.25) is 0 Å². The molecule has 72 valence electrons. The third-order valence-electron chi connectivity index (χ3n) is 1.36. The summed E-state index contributed by atoms with van der Waals surface area (Å²) < 4.78 is 5.01. The number of hydrogen-bond donors (Lipinski definition) is 1. The highest BCUT2D eigenvalue weighted by Crippen LogP contribution is 2.12. The van der Waals surface area contributed by atoms with Crippen LogP contribution in [0.25, 0.3) is 0 Å². The Morgan fingerprint density at radius 2 is 2.08 bits per heavy atom. The lowest BCUT2D eigenvalue weighted by atomic mass is 10.5. The lowest BCUT2D eigenvalue weighted by Crippen LogP contribution is -2.20. The Morgan fingerprint density at radius 3 is 2.62 bits per heavy atom. The monoisotopic (exact) mass is 182 g/mol. The zero-order chi connectivity index (χ0) is 9.84. The first-order chi connectivity index (χ1) is 6.11. The van der Waals surface area contributed by atoms with E-state index in [1.54, 1.807) is 18.2 Å². The Kier molecular flexibility index (Phi) is 3.02. The van der Waals surface area contributed by atoms with Crippen LogP contribution in [0.5, 0.6) is 5.88 Å². The summed E-state index contributed by atoms with van der Waals surface area (Å²) in [6.45, 7) is 1.82. The Bertz CT molecular complexity index is 287. The van der Waals surface area contributed by atoms with Gasteiger partial charge in [0.1, 0.15) is 11.6 Å². The maximum absolute atomic E-state index is 5.01. The van der Waals surface area contributed by atoms with Gasteiger partial charge in [-0.2, -0.15) is 4.98 Å². The van der Waals surface area contributed by atoms with Crippen molar-refractivity contribution >= 4 is 5.82 Å². The maximum Gasteiger partial charge on any atom is 0.218 e. The second kappa shape index (κ2) is 4.04. The van der Waals surface area contributed by atoms with E-state index < -0.39 is 0 Å². The van der Waals surface area contributed by atoms with Gasteiger partial charge in [-0.15, -0.1) is 0 Å². The third kappa shape index (κ3) is 2.87. The first-order valence-corrected chi connectivity index (χ1v) is 3.95. The van der Waals surface area contributed by atoms with E-state index >= 15 is 0 Å². The van der Waals surface area contributed by atoms with Crippen LogP contribution in [0.4, 0.5) is 5.82 Å². The second-order valence-corrected chi connectivity index (χ2v) is 2.85. The van der Waals surface area contributed by atoms with Crippen LogP contribution in [-0.2, 0) is 0 Å². The van der Waals surface area contributed by atoms with Crippen molar-refractivity contribution in [3.63, 3.8) is 0 Å². The van der Waals surface area contributed by atoms with Crippen molar-refractivity contribution in [2.45, 2.75) is 6.92 Å². The van der Waals surface area contributed by atoms with Crippen molar-refractivity contribution < 1.29 is 4.74 Å². The molecule has 0 fully saturated rings. The lowest BCUT2D eigenvalue weighted by molar-refractivity contribution is 0.395. The highest BCUT2D eigenvalue weighted by Gasteiger charge is 2.01. The van der Waals surface area contributed by atoms with Crippen LogP contribution in [-0.4, -0.2) is 36.2 Å². The minimum Gasteiger partial charge on any atom is -0.481 e. The first-order valence-electron chi connectivity index (χ1n) is 3.95. The summed E-state index contributed by atoms with van der Waals surface area (Å²) in [6.07, 6.45) is 0. The summed E-state index contributed by atoms with van der Waals surface area (Å²) in [7, 11) is 5.37. The Morgan fingerprint density at radius 1 is 1.38 bits per heavy atom. The van der Waals surface area contributed by atoms with E-state index in [1.165, 1.54) is 0 Å². The Hall–Kier alpha value is -1.36. The lowest BCUT2D eigenvalue weighted by Gasteiger charge is -2.13. The molecule has 0 radical (unpaired) electrons. The second-order valence-electron chi connectivity index (χ2n) is 2.85. The van der Waals surface area contributed by atoms with Crippen molar-refractivity contribution in [2.75, 3.05) is 26.6 Å². The molecule has 0 aliphatic heterocycles. The first kappa shape index (κ1) is 9.73. The molecule has 5 nitrogen and oxygen atoms in total. The van der Waals surface area contributed by atoms with Gasteiger partial charge in [0, 0.05) is 20.2 Å². The molecule has 0 amide bonds. The molecule has 0 spiro atoms. The van der Waals surface area contributed by atoms with Gasteiger partial charge in [0.2, 0.25) is 5.88 Å². The average molecular weight is 182 g/mol. The number of hydrogen-bond acceptors (Lipinski definition) is 5. The fourth-order valence-corrected chi connectivity index (χ4v) is 0.931. The van der Waals surface area contributed by atoms with Gasteiger partial charge in [0.15, 0.2) is 0 Å². The quantitative estimate of drug-likeness (QED) is 0.697. The van der Waals surface area contributed by atoms with E-state index in [2.05, 4.69) is 15.4 Å². The molecule has 0 aliphatic rings. The number of hydrazine groups is 1. The van der Waals surface area contributed by atoms with E-state index in [4.69, 9.17) is 4.74 Å². The van der Waals surface area contributed by atoms with Gasteiger partial charge in [-0.05, 0) is 6.92 Å².